The lowest BCUT2D eigenvalue weighted by molar-refractivity contribution is -0.111. The number of para-hydroxylation sites is 1. The minimum atomic E-state index is -2.99. The van der Waals surface area contributed by atoms with Crippen LogP contribution < -0.4 is 14.8 Å². The Balaban J connectivity index is 2.16. The molecule has 0 radical (unpaired) electrons. The van der Waals surface area contributed by atoms with Gasteiger partial charge in [-0.2, -0.15) is 8.78 Å². The van der Waals surface area contributed by atoms with Crippen molar-refractivity contribution in [1.82, 2.24) is 4.98 Å². The van der Waals surface area contributed by atoms with Crippen molar-refractivity contribution in [3.05, 3.63) is 40.9 Å². The molecule has 0 aliphatic heterocycles. The molecule has 0 aliphatic carbocycles. The lowest BCUT2D eigenvalue weighted by Crippen LogP contribution is -2.08. The van der Waals surface area contributed by atoms with E-state index < -0.39 is 12.5 Å². The van der Waals surface area contributed by atoms with Crippen molar-refractivity contribution < 1.29 is 23.0 Å². The van der Waals surface area contributed by atoms with Gasteiger partial charge in [0.25, 0.3) is 0 Å². The highest BCUT2D eigenvalue weighted by Gasteiger charge is 2.14. The van der Waals surface area contributed by atoms with Gasteiger partial charge in [0.1, 0.15) is 0 Å². The van der Waals surface area contributed by atoms with Gasteiger partial charge in [-0.1, -0.05) is 12.1 Å². The number of thiazole rings is 1. The van der Waals surface area contributed by atoms with E-state index in [1.807, 2.05) is 6.92 Å². The summed E-state index contributed by atoms with van der Waals surface area (Å²) in [5.74, 6) is -0.396. The van der Waals surface area contributed by atoms with Crippen LogP contribution in [0.1, 0.15) is 10.4 Å². The number of aromatic nitrogens is 1. The number of aryl methyl sites for hydroxylation is 1. The first kappa shape index (κ1) is 16.9. The summed E-state index contributed by atoms with van der Waals surface area (Å²) in [6.07, 6.45) is 4.22. The lowest BCUT2D eigenvalue weighted by atomic mass is 10.1. The quantitative estimate of drug-likeness (QED) is 0.814. The largest absolute Gasteiger partial charge is 0.493 e. The minimum Gasteiger partial charge on any atom is -0.493 e. The summed E-state index contributed by atoms with van der Waals surface area (Å²) >= 11 is 1.33. The molecule has 23 heavy (non-hydrogen) atoms. The summed E-state index contributed by atoms with van der Waals surface area (Å²) < 4.78 is 34.5. The standard InChI is InChI=1S/C15H14F2N2O3S/c1-9-8-18-15(23-9)19-12(20)7-6-10-4-3-5-11(21-2)13(10)22-14(16)17/h3-8,14H,1-2H3,(H,18,19,20)/b7-6+. The van der Waals surface area contributed by atoms with Crippen molar-refractivity contribution in [1.29, 1.82) is 0 Å². The van der Waals surface area contributed by atoms with E-state index in [1.54, 1.807) is 12.3 Å². The van der Waals surface area contributed by atoms with Crippen molar-refractivity contribution in [2.45, 2.75) is 13.5 Å². The minimum absolute atomic E-state index is 0.126. The smallest absolute Gasteiger partial charge is 0.387 e. The molecule has 0 spiro atoms. The third-order valence-corrected chi connectivity index (χ3v) is 3.53. The van der Waals surface area contributed by atoms with Gasteiger partial charge in [0.05, 0.1) is 7.11 Å². The van der Waals surface area contributed by atoms with Crippen LogP contribution in [0.25, 0.3) is 6.08 Å². The van der Waals surface area contributed by atoms with Crippen LogP contribution in [0.15, 0.2) is 30.5 Å². The van der Waals surface area contributed by atoms with Gasteiger partial charge in [0.2, 0.25) is 5.91 Å². The number of nitrogens with one attached hydrogen (secondary N) is 1. The maximum atomic E-state index is 12.5. The first-order valence-corrected chi connectivity index (χ1v) is 7.34. The predicted octanol–water partition coefficient (Wildman–Crippen LogP) is 3.71. The Morgan fingerprint density at radius 2 is 2.22 bits per heavy atom. The average molecular weight is 340 g/mol. The normalized spacial score (nSPS) is 11.0. The summed E-state index contributed by atoms with van der Waals surface area (Å²) in [5, 5.41) is 3.05. The molecule has 1 amide bonds. The molecule has 1 heterocycles. The van der Waals surface area contributed by atoms with E-state index in [2.05, 4.69) is 15.0 Å². The zero-order valence-corrected chi connectivity index (χ0v) is 13.2. The van der Waals surface area contributed by atoms with Gasteiger partial charge in [0.15, 0.2) is 16.6 Å². The fourth-order valence-electron chi connectivity index (χ4n) is 1.77. The maximum Gasteiger partial charge on any atom is 0.387 e. The molecule has 122 valence electrons. The van der Waals surface area contributed by atoms with Crippen molar-refractivity contribution in [2.24, 2.45) is 0 Å². The number of carbonyl (C=O) groups excluding carboxylic acids is 1. The zero-order chi connectivity index (χ0) is 16.8. The van der Waals surface area contributed by atoms with Gasteiger partial charge in [-0.3, -0.25) is 10.1 Å². The lowest BCUT2D eigenvalue weighted by Gasteiger charge is -2.12. The number of methoxy groups -OCH3 is 1. The SMILES string of the molecule is COc1cccc(/C=C/C(=O)Nc2ncc(C)s2)c1OC(F)F. The first-order valence-electron chi connectivity index (χ1n) is 6.53. The van der Waals surface area contributed by atoms with Gasteiger partial charge in [0, 0.05) is 22.7 Å². The van der Waals surface area contributed by atoms with E-state index in [-0.39, 0.29) is 11.5 Å². The Morgan fingerprint density at radius 1 is 1.43 bits per heavy atom. The summed E-state index contributed by atoms with van der Waals surface area (Å²) in [6.45, 7) is -1.13. The fraction of sp³-hybridized carbons (Fsp3) is 0.200. The number of anilines is 1. The second kappa shape index (κ2) is 7.68. The number of hydrogen-bond donors (Lipinski definition) is 1. The van der Waals surface area contributed by atoms with E-state index in [1.165, 1.54) is 42.7 Å². The molecular formula is C15H14F2N2O3S. The van der Waals surface area contributed by atoms with Crippen LogP contribution in [-0.4, -0.2) is 24.6 Å². The Morgan fingerprint density at radius 3 is 2.83 bits per heavy atom. The highest BCUT2D eigenvalue weighted by molar-refractivity contribution is 7.15. The molecule has 0 atom stereocenters. The number of rotatable bonds is 6. The average Bonchev–Trinajstić information content (AvgIpc) is 2.90. The molecule has 1 N–H and O–H groups in total. The summed E-state index contributed by atoms with van der Waals surface area (Å²) in [6, 6.07) is 4.64. The number of ether oxygens (including phenoxy) is 2. The van der Waals surface area contributed by atoms with E-state index in [9.17, 15) is 13.6 Å². The van der Waals surface area contributed by atoms with Gasteiger partial charge in [-0.25, -0.2) is 4.98 Å². The van der Waals surface area contributed by atoms with E-state index in [0.717, 1.165) is 4.88 Å². The molecule has 2 rings (SSSR count). The molecule has 0 aliphatic rings. The Labute approximate surface area is 135 Å². The molecule has 0 bridgehead atoms. The Kier molecular flexibility index (Phi) is 5.64. The molecule has 5 nitrogen and oxygen atoms in total. The number of hydrogen-bond acceptors (Lipinski definition) is 5. The molecule has 1 aromatic heterocycles. The number of benzene rings is 1. The van der Waals surface area contributed by atoms with Crippen LogP contribution in [0, 0.1) is 6.92 Å². The van der Waals surface area contributed by atoms with Gasteiger partial charge in [-0.05, 0) is 19.1 Å². The molecule has 0 saturated carbocycles. The van der Waals surface area contributed by atoms with Crippen LogP contribution in [0.3, 0.4) is 0 Å². The van der Waals surface area contributed by atoms with Crippen LogP contribution in [0.2, 0.25) is 0 Å². The van der Waals surface area contributed by atoms with Crippen molar-refractivity contribution in [2.75, 3.05) is 12.4 Å². The second-order valence-electron chi connectivity index (χ2n) is 4.36. The van der Waals surface area contributed by atoms with Crippen molar-refractivity contribution >= 4 is 28.5 Å². The molecule has 2 aromatic rings. The fourth-order valence-corrected chi connectivity index (χ4v) is 2.43. The number of alkyl halides is 2. The number of halogens is 2. The number of carbonyl (C=O) groups is 1. The summed E-state index contributed by atoms with van der Waals surface area (Å²) in [7, 11) is 1.35. The topological polar surface area (TPSA) is 60.5 Å². The monoisotopic (exact) mass is 340 g/mol. The first-order chi connectivity index (χ1) is 11.0. The van der Waals surface area contributed by atoms with Crippen molar-refractivity contribution in [3.8, 4) is 11.5 Å². The highest BCUT2D eigenvalue weighted by Crippen LogP contribution is 2.33. The molecule has 8 heteroatoms. The molecule has 0 unspecified atom stereocenters. The summed E-state index contributed by atoms with van der Waals surface area (Å²) in [4.78, 5) is 16.8. The predicted molar refractivity (Wildman–Crippen MR) is 84.1 cm³/mol. The highest BCUT2D eigenvalue weighted by atomic mass is 32.1. The zero-order valence-electron chi connectivity index (χ0n) is 12.4. The maximum absolute atomic E-state index is 12.5. The van der Waals surface area contributed by atoms with Crippen LogP contribution in [-0.2, 0) is 4.79 Å². The van der Waals surface area contributed by atoms with Gasteiger partial charge < -0.3 is 9.47 Å². The van der Waals surface area contributed by atoms with Crippen LogP contribution >= 0.6 is 11.3 Å². The summed E-state index contributed by atoms with van der Waals surface area (Å²) in [5.41, 5.74) is 0.301. The van der Waals surface area contributed by atoms with E-state index in [4.69, 9.17) is 4.74 Å². The third-order valence-electron chi connectivity index (χ3n) is 2.70. The van der Waals surface area contributed by atoms with Crippen molar-refractivity contribution in [3.63, 3.8) is 0 Å². The molecular weight excluding hydrogens is 326 g/mol. The van der Waals surface area contributed by atoms with Gasteiger partial charge >= 0.3 is 6.61 Å². The van der Waals surface area contributed by atoms with E-state index >= 15 is 0 Å². The van der Waals surface area contributed by atoms with Gasteiger partial charge in [-0.15, -0.1) is 11.3 Å². The number of amides is 1. The van der Waals surface area contributed by atoms with Crippen LogP contribution in [0.4, 0.5) is 13.9 Å². The Hall–Kier alpha value is -2.48. The second-order valence-corrected chi connectivity index (χ2v) is 5.59. The molecule has 0 saturated heterocycles. The Bertz CT molecular complexity index is 716. The van der Waals surface area contributed by atoms with Crippen LogP contribution in [0.5, 0.6) is 11.5 Å². The third kappa shape index (κ3) is 4.75. The van der Waals surface area contributed by atoms with E-state index in [0.29, 0.717) is 10.7 Å². The number of nitrogens with zero attached hydrogens (tertiary/aromatic N) is 1. The molecule has 0 fully saturated rings. The molecule has 1 aromatic carbocycles.